The first kappa shape index (κ1) is 10.4. The molecule has 0 radical (unpaired) electrons. The summed E-state index contributed by atoms with van der Waals surface area (Å²) in [6.45, 7) is 1.69. The first-order valence-corrected chi connectivity index (χ1v) is 5.84. The summed E-state index contributed by atoms with van der Waals surface area (Å²) in [5, 5.41) is 0. The summed E-state index contributed by atoms with van der Waals surface area (Å²) in [6, 6.07) is 8.70. The summed E-state index contributed by atoms with van der Waals surface area (Å²) < 4.78 is 0. The number of carbonyl (C=O) groups excluding carboxylic acids is 1. The van der Waals surface area contributed by atoms with Gasteiger partial charge < -0.3 is 4.79 Å². The van der Waals surface area contributed by atoms with Crippen molar-refractivity contribution >= 4 is 5.78 Å². The second-order valence-electron chi connectivity index (χ2n) is 4.53. The van der Waals surface area contributed by atoms with Gasteiger partial charge in [0.15, 0.2) is 0 Å². The van der Waals surface area contributed by atoms with Crippen molar-refractivity contribution in [3.63, 3.8) is 0 Å². The fourth-order valence-corrected chi connectivity index (χ4v) is 2.53. The molecule has 1 aliphatic rings. The van der Waals surface area contributed by atoms with Crippen LogP contribution in [0.5, 0.6) is 0 Å². The van der Waals surface area contributed by atoms with Crippen LogP contribution in [-0.4, -0.2) is 5.78 Å². The highest BCUT2D eigenvalue weighted by molar-refractivity contribution is 5.75. The molecule has 0 aliphatic heterocycles. The van der Waals surface area contributed by atoms with E-state index >= 15 is 0 Å². The normalized spacial score (nSPS) is 19.7. The van der Waals surface area contributed by atoms with Crippen LogP contribution in [0, 0.1) is 0 Å². The molecule has 0 N–H and O–H groups in total. The molecule has 15 heavy (non-hydrogen) atoms. The van der Waals surface area contributed by atoms with E-state index < -0.39 is 0 Å². The average molecular weight is 202 g/mol. The maximum absolute atomic E-state index is 11.0. The van der Waals surface area contributed by atoms with Gasteiger partial charge in [0.1, 0.15) is 5.78 Å². The standard InChI is InChI=1S/C14H18O/c1-11(15)9-10-13-7-4-6-12-5-2-3-8-14(12)13/h2-3,5,8,13H,4,6-7,9-10H2,1H3. The molecule has 0 saturated heterocycles. The van der Waals surface area contributed by atoms with Gasteiger partial charge in [0.05, 0.1) is 0 Å². The Bertz CT molecular complexity index is 354. The molecule has 0 fully saturated rings. The fourth-order valence-electron chi connectivity index (χ4n) is 2.53. The molecule has 1 aromatic rings. The number of hydrogen-bond acceptors (Lipinski definition) is 1. The van der Waals surface area contributed by atoms with Crippen LogP contribution in [0.3, 0.4) is 0 Å². The van der Waals surface area contributed by atoms with Crippen molar-refractivity contribution < 1.29 is 4.79 Å². The van der Waals surface area contributed by atoms with Gasteiger partial charge in [0, 0.05) is 6.42 Å². The lowest BCUT2D eigenvalue weighted by atomic mass is 9.80. The van der Waals surface area contributed by atoms with Crippen LogP contribution in [0.2, 0.25) is 0 Å². The van der Waals surface area contributed by atoms with Crippen LogP contribution in [0.25, 0.3) is 0 Å². The molecular formula is C14H18O. The first-order chi connectivity index (χ1) is 7.27. The molecule has 1 aliphatic carbocycles. The molecule has 0 amide bonds. The van der Waals surface area contributed by atoms with E-state index in [1.807, 2.05) is 0 Å². The largest absolute Gasteiger partial charge is 0.300 e. The minimum Gasteiger partial charge on any atom is -0.300 e. The van der Waals surface area contributed by atoms with E-state index in [0.29, 0.717) is 11.7 Å². The zero-order valence-electron chi connectivity index (χ0n) is 9.33. The summed E-state index contributed by atoms with van der Waals surface area (Å²) in [7, 11) is 0. The van der Waals surface area contributed by atoms with Crippen LogP contribution >= 0.6 is 0 Å². The van der Waals surface area contributed by atoms with Gasteiger partial charge in [-0.2, -0.15) is 0 Å². The SMILES string of the molecule is CC(=O)CCC1CCCc2ccccc21. The van der Waals surface area contributed by atoms with E-state index in [1.165, 1.54) is 30.4 Å². The summed E-state index contributed by atoms with van der Waals surface area (Å²) in [4.78, 5) is 11.0. The first-order valence-electron chi connectivity index (χ1n) is 5.84. The van der Waals surface area contributed by atoms with Crippen molar-refractivity contribution in [2.75, 3.05) is 0 Å². The zero-order chi connectivity index (χ0) is 10.7. The smallest absolute Gasteiger partial charge is 0.129 e. The van der Waals surface area contributed by atoms with Crippen molar-refractivity contribution in [2.24, 2.45) is 0 Å². The van der Waals surface area contributed by atoms with Gasteiger partial charge in [0.2, 0.25) is 0 Å². The summed E-state index contributed by atoms with van der Waals surface area (Å²) in [5.74, 6) is 0.942. The molecule has 1 nitrogen and oxygen atoms in total. The molecule has 2 rings (SSSR count). The van der Waals surface area contributed by atoms with E-state index in [1.54, 1.807) is 6.92 Å². The van der Waals surface area contributed by atoms with Gasteiger partial charge in [-0.15, -0.1) is 0 Å². The topological polar surface area (TPSA) is 17.1 Å². The Morgan fingerprint density at radius 3 is 3.00 bits per heavy atom. The Morgan fingerprint density at radius 2 is 2.20 bits per heavy atom. The molecule has 0 heterocycles. The molecule has 1 aromatic carbocycles. The third kappa shape index (κ3) is 2.47. The van der Waals surface area contributed by atoms with Gasteiger partial charge in [-0.1, -0.05) is 24.3 Å². The highest BCUT2D eigenvalue weighted by Gasteiger charge is 2.19. The monoisotopic (exact) mass is 202 g/mol. The van der Waals surface area contributed by atoms with Gasteiger partial charge >= 0.3 is 0 Å². The Morgan fingerprint density at radius 1 is 1.40 bits per heavy atom. The fraction of sp³-hybridized carbons (Fsp3) is 0.500. The van der Waals surface area contributed by atoms with Crippen molar-refractivity contribution in [3.8, 4) is 0 Å². The van der Waals surface area contributed by atoms with Crippen molar-refractivity contribution in [3.05, 3.63) is 35.4 Å². The van der Waals surface area contributed by atoms with Crippen molar-refractivity contribution in [1.29, 1.82) is 0 Å². The number of hydrogen-bond donors (Lipinski definition) is 0. The summed E-state index contributed by atoms with van der Waals surface area (Å²) in [5.41, 5.74) is 2.99. The second-order valence-corrected chi connectivity index (χ2v) is 4.53. The van der Waals surface area contributed by atoms with E-state index in [9.17, 15) is 4.79 Å². The number of Topliss-reactive ketones (excluding diaryl/α,β-unsaturated/α-hetero) is 1. The van der Waals surface area contributed by atoms with Crippen LogP contribution in [0.4, 0.5) is 0 Å². The Labute approximate surface area is 91.5 Å². The third-order valence-electron chi connectivity index (χ3n) is 3.34. The van der Waals surface area contributed by atoms with E-state index in [2.05, 4.69) is 24.3 Å². The number of aryl methyl sites for hydroxylation is 1. The molecule has 0 saturated carbocycles. The molecule has 0 bridgehead atoms. The van der Waals surface area contributed by atoms with E-state index in [4.69, 9.17) is 0 Å². The minimum absolute atomic E-state index is 0.318. The van der Waals surface area contributed by atoms with Gasteiger partial charge in [-0.05, 0) is 49.7 Å². The third-order valence-corrected chi connectivity index (χ3v) is 3.34. The molecule has 0 spiro atoms. The zero-order valence-corrected chi connectivity index (χ0v) is 9.33. The van der Waals surface area contributed by atoms with Gasteiger partial charge in [0.25, 0.3) is 0 Å². The highest BCUT2D eigenvalue weighted by Crippen LogP contribution is 2.34. The van der Waals surface area contributed by atoms with Crippen LogP contribution in [0.1, 0.15) is 49.7 Å². The lowest BCUT2D eigenvalue weighted by Crippen LogP contribution is -2.10. The quantitative estimate of drug-likeness (QED) is 0.733. The average Bonchev–Trinajstić information content (AvgIpc) is 2.26. The molecule has 1 heteroatoms. The maximum Gasteiger partial charge on any atom is 0.129 e. The van der Waals surface area contributed by atoms with Crippen LogP contribution in [0.15, 0.2) is 24.3 Å². The Balaban J connectivity index is 2.11. The highest BCUT2D eigenvalue weighted by atomic mass is 16.1. The predicted molar refractivity (Wildman–Crippen MR) is 62.0 cm³/mol. The summed E-state index contributed by atoms with van der Waals surface area (Å²) in [6.07, 6.45) is 5.52. The van der Waals surface area contributed by atoms with E-state index in [-0.39, 0.29) is 0 Å². The number of benzene rings is 1. The van der Waals surface area contributed by atoms with Gasteiger partial charge in [-0.25, -0.2) is 0 Å². The summed E-state index contributed by atoms with van der Waals surface area (Å²) >= 11 is 0. The van der Waals surface area contributed by atoms with Gasteiger partial charge in [-0.3, -0.25) is 0 Å². The van der Waals surface area contributed by atoms with E-state index in [0.717, 1.165) is 12.8 Å². The van der Waals surface area contributed by atoms with Crippen LogP contribution in [-0.2, 0) is 11.2 Å². The lowest BCUT2D eigenvalue weighted by molar-refractivity contribution is -0.117. The minimum atomic E-state index is 0.318. The molecule has 0 aromatic heterocycles. The Kier molecular flexibility index (Phi) is 3.20. The molecule has 1 atom stereocenters. The number of ketones is 1. The predicted octanol–water partition coefficient (Wildman–Crippen LogP) is 3.48. The lowest BCUT2D eigenvalue weighted by Gasteiger charge is -2.25. The maximum atomic E-state index is 11.0. The number of fused-ring (bicyclic) bond motifs is 1. The van der Waals surface area contributed by atoms with Crippen molar-refractivity contribution in [2.45, 2.75) is 44.9 Å². The Hall–Kier alpha value is -1.11. The molecular weight excluding hydrogens is 184 g/mol. The van der Waals surface area contributed by atoms with Crippen molar-refractivity contribution in [1.82, 2.24) is 0 Å². The molecule has 1 unspecified atom stereocenters. The number of rotatable bonds is 3. The van der Waals surface area contributed by atoms with Crippen LogP contribution < -0.4 is 0 Å². The second kappa shape index (κ2) is 4.61. The number of carbonyl (C=O) groups is 1. The molecule has 80 valence electrons.